The molecule has 0 atom stereocenters. The molecule has 2 aromatic rings. The predicted octanol–water partition coefficient (Wildman–Crippen LogP) is 3.18. The average molecular weight is 282 g/mol. The molecule has 5 heteroatoms. The van der Waals surface area contributed by atoms with E-state index in [0.717, 1.165) is 5.56 Å². The number of aromatic nitrogens is 1. The molecule has 0 radical (unpaired) electrons. The summed E-state index contributed by atoms with van der Waals surface area (Å²) in [6.45, 7) is 0. The zero-order valence-electron chi connectivity index (χ0n) is 9.53. The number of benzene rings is 1. The van der Waals surface area contributed by atoms with Crippen molar-refractivity contribution in [3.05, 3.63) is 64.8 Å². The Kier molecular flexibility index (Phi) is 3.89. The summed E-state index contributed by atoms with van der Waals surface area (Å²) in [4.78, 5) is 0. The van der Waals surface area contributed by atoms with Gasteiger partial charge in [0.2, 0.25) is 0 Å². The fourth-order valence-electron chi connectivity index (χ4n) is 1.47. The summed E-state index contributed by atoms with van der Waals surface area (Å²) in [7, 11) is -3.27. The van der Waals surface area contributed by atoms with E-state index in [1.54, 1.807) is 41.2 Å². The largest absolute Gasteiger partial charge is 0.330 e. The third kappa shape index (κ3) is 3.75. The normalized spacial score (nSPS) is 12.1. The molecular formula is C13H12ClNO2S. The molecule has 18 heavy (non-hydrogen) atoms. The Balaban J connectivity index is 2.10. The Morgan fingerprint density at radius 2 is 1.72 bits per heavy atom. The lowest BCUT2D eigenvalue weighted by Gasteiger charge is -2.00. The minimum Gasteiger partial charge on any atom is -0.330 e. The van der Waals surface area contributed by atoms with Gasteiger partial charge in [-0.1, -0.05) is 23.7 Å². The summed E-state index contributed by atoms with van der Waals surface area (Å²) in [5.74, 6) is -0.0259. The Morgan fingerprint density at radius 3 is 2.33 bits per heavy atom. The SMILES string of the molecule is O=S(=O)(C=Cn1cccc1)Cc1ccc(Cl)cc1. The van der Waals surface area contributed by atoms with Crippen LogP contribution in [0.3, 0.4) is 0 Å². The number of hydrogen-bond donors (Lipinski definition) is 0. The Morgan fingerprint density at radius 1 is 1.11 bits per heavy atom. The fourth-order valence-corrected chi connectivity index (χ4v) is 2.68. The van der Waals surface area contributed by atoms with Crippen LogP contribution in [0.2, 0.25) is 5.02 Å². The van der Waals surface area contributed by atoms with Crippen LogP contribution in [0.25, 0.3) is 6.20 Å². The number of halogens is 1. The van der Waals surface area contributed by atoms with E-state index in [1.807, 2.05) is 12.1 Å². The predicted molar refractivity (Wildman–Crippen MR) is 73.8 cm³/mol. The van der Waals surface area contributed by atoms with Gasteiger partial charge in [-0.15, -0.1) is 0 Å². The summed E-state index contributed by atoms with van der Waals surface area (Å²) < 4.78 is 25.4. The van der Waals surface area contributed by atoms with E-state index in [-0.39, 0.29) is 5.75 Å². The van der Waals surface area contributed by atoms with Gasteiger partial charge in [-0.3, -0.25) is 0 Å². The molecule has 0 N–H and O–H groups in total. The Bertz CT molecular complexity index is 628. The van der Waals surface area contributed by atoms with E-state index >= 15 is 0 Å². The summed E-state index contributed by atoms with van der Waals surface area (Å²) in [6.07, 6.45) is 5.06. The number of hydrogen-bond acceptors (Lipinski definition) is 2. The molecule has 0 amide bonds. The molecule has 94 valence electrons. The maximum atomic E-state index is 11.8. The van der Waals surface area contributed by atoms with E-state index in [1.165, 1.54) is 11.6 Å². The lowest BCUT2D eigenvalue weighted by molar-refractivity contribution is 0.604. The van der Waals surface area contributed by atoms with Gasteiger partial charge in [0.05, 0.1) is 5.75 Å². The molecule has 1 aromatic heterocycles. The van der Waals surface area contributed by atoms with Crippen molar-refractivity contribution in [3.63, 3.8) is 0 Å². The number of nitrogens with zero attached hydrogens (tertiary/aromatic N) is 1. The van der Waals surface area contributed by atoms with Gasteiger partial charge in [-0.25, -0.2) is 8.42 Å². The lowest BCUT2D eigenvalue weighted by atomic mass is 10.2. The fraction of sp³-hybridized carbons (Fsp3) is 0.0769. The molecule has 0 aliphatic rings. The minimum atomic E-state index is -3.27. The summed E-state index contributed by atoms with van der Waals surface area (Å²) in [5.41, 5.74) is 0.719. The van der Waals surface area contributed by atoms with Crippen LogP contribution in [-0.4, -0.2) is 13.0 Å². The van der Waals surface area contributed by atoms with Crippen molar-refractivity contribution in [2.75, 3.05) is 0 Å². The standard InChI is InChI=1S/C13H12ClNO2S/c14-13-5-3-12(4-6-13)11-18(16,17)10-9-15-7-1-2-8-15/h1-10H,11H2. The first-order valence-corrected chi connectivity index (χ1v) is 7.42. The van der Waals surface area contributed by atoms with Crippen molar-refractivity contribution < 1.29 is 8.42 Å². The number of sulfone groups is 1. The highest BCUT2D eigenvalue weighted by molar-refractivity contribution is 7.93. The topological polar surface area (TPSA) is 39.1 Å². The zero-order valence-corrected chi connectivity index (χ0v) is 11.1. The smallest absolute Gasteiger partial charge is 0.177 e. The second-order valence-electron chi connectivity index (χ2n) is 3.85. The zero-order chi connectivity index (χ0) is 13.0. The van der Waals surface area contributed by atoms with Crippen LogP contribution in [-0.2, 0) is 15.6 Å². The van der Waals surface area contributed by atoms with Gasteiger partial charge in [-0.2, -0.15) is 0 Å². The Labute approximate surface area is 111 Å². The Hall–Kier alpha value is -1.52. The van der Waals surface area contributed by atoms with Crippen molar-refractivity contribution in [1.29, 1.82) is 0 Å². The second-order valence-corrected chi connectivity index (χ2v) is 6.17. The molecule has 3 nitrogen and oxygen atoms in total. The molecule has 0 unspecified atom stereocenters. The van der Waals surface area contributed by atoms with Crippen molar-refractivity contribution >= 4 is 27.6 Å². The molecule has 0 bridgehead atoms. The van der Waals surface area contributed by atoms with Gasteiger partial charge >= 0.3 is 0 Å². The van der Waals surface area contributed by atoms with Gasteiger partial charge in [0, 0.05) is 29.0 Å². The average Bonchev–Trinajstić information content (AvgIpc) is 2.83. The van der Waals surface area contributed by atoms with Crippen LogP contribution < -0.4 is 0 Å². The first kappa shape index (κ1) is 12.9. The lowest BCUT2D eigenvalue weighted by Crippen LogP contribution is -2.00. The van der Waals surface area contributed by atoms with E-state index < -0.39 is 9.84 Å². The molecule has 0 aliphatic carbocycles. The van der Waals surface area contributed by atoms with E-state index in [9.17, 15) is 8.42 Å². The van der Waals surface area contributed by atoms with Crippen LogP contribution >= 0.6 is 11.6 Å². The molecule has 1 heterocycles. The minimum absolute atomic E-state index is 0.0259. The van der Waals surface area contributed by atoms with Crippen molar-refractivity contribution in [3.8, 4) is 0 Å². The van der Waals surface area contributed by atoms with Crippen molar-refractivity contribution in [1.82, 2.24) is 4.57 Å². The molecule has 0 saturated carbocycles. The molecular weight excluding hydrogens is 270 g/mol. The second kappa shape index (κ2) is 5.42. The van der Waals surface area contributed by atoms with E-state index in [2.05, 4.69) is 0 Å². The summed E-state index contributed by atoms with van der Waals surface area (Å²) in [5, 5.41) is 1.81. The van der Waals surface area contributed by atoms with Crippen molar-refractivity contribution in [2.45, 2.75) is 5.75 Å². The molecule has 0 fully saturated rings. The molecule has 2 rings (SSSR count). The van der Waals surface area contributed by atoms with E-state index in [4.69, 9.17) is 11.6 Å². The maximum Gasteiger partial charge on any atom is 0.177 e. The first-order valence-electron chi connectivity index (χ1n) is 5.33. The number of rotatable bonds is 4. The molecule has 0 aliphatic heterocycles. The van der Waals surface area contributed by atoms with Gasteiger partial charge in [-0.05, 0) is 29.8 Å². The monoisotopic (exact) mass is 281 g/mol. The molecule has 0 saturated heterocycles. The first-order chi connectivity index (χ1) is 8.55. The van der Waals surface area contributed by atoms with Crippen molar-refractivity contribution in [2.24, 2.45) is 0 Å². The van der Waals surface area contributed by atoms with Gasteiger partial charge in [0.25, 0.3) is 0 Å². The van der Waals surface area contributed by atoms with Crippen LogP contribution in [0.5, 0.6) is 0 Å². The molecule has 0 spiro atoms. The van der Waals surface area contributed by atoms with Crippen LogP contribution in [0.4, 0.5) is 0 Å². The van der Waals surface area contributed by atoms with E-state index in [0.29, 0.717) is 5.02 Å². The summed E-state index contributed by atoms with van der Waals surface area (Å²) in [6, 6.07) is 10.4. The highest BCUT2D eigenvalue weighted by atomic mass is 35.5. The van der Waals surface area contributed by atoms with Crippen LogP contribution in [0.15, 0.2) is 54.2 Å². The highest BCUT2D eigenvalue weighted by Gasteiger charge is 2.07. The van der Waals surface area contributed by atoms with Gasteiger partial charge < -0.3 is 4.57 Å². The third-order valence-electron chi connectivity index (χ3n) is 2.35. The summed E-state index contributed by atoms with van der Waals surface area (Å²) >= 11 is 5.74. The highest BCUT2D eigenvalue weighted by Crippen LogP contribution is 2.13. The third-order valence-corrected chi connectivity index (χ3v) is 3.87. The quantitative estimate of drug-likeness (QED) is 0.863. The van der Waals surface area contributed by atoms with Gasteiger partial charge in [0.15, 0.2) is 9.84 Å². The van der Waals surface area contributed by atoms with Crippen LogP contribution in [0.1, 0.15) is 5.56 Å². The maximum absolute atomic E-state index is 11.8. The molecule has 1 aromatic carbocycles. The van der Waals surface area contributed by atoms with Gasteiger partial charge in [0.1, 0.15) is 0 Å². The van der Waals surface area contributed by atoms with Crippen LogP contribution in [0, 0.1) is 0 Å².